The number of pyridine rings is 1. The fourth-order valence-corrected chi connectivity index (χ4v) is 2.61. The first-order valence-corrected chi connectivity index (χ1v) is 5.04. The van der Waals surface area contributed by atoms with Crippen LogP contribution in [0.4, 0.5) is 0 Å². The van der Waals surface area contributed by atoms with E-state index in [4.69, 9.17) is 0 Å². The predicted molar refractivity (Wildman–Crippen MR) is 51.3 cm³/mol. The molecule has 1 spiro atoms. The summed E-state index contributed by atoms with van der Waals surface area (Å²) >= 11 is 0. The summed E-state index contributed by atoms with van der Waals surface area (Å²) in [5.74, 6) is 0. The standard InChI is InChI=1S/C11H14N2/c1-3-9(7-12-6-1)10-11(8-13-10)4-2-5-11/h1,3,6-7,10,13H,2,4-5,8H2. The van der Waals surface area contributed by atoms with E-state index in [1.54, 1.807) is 0 Å². The van der Waals surface area contributed by atoms with Gasteiger partial charge < -0.3 is 5.32 Å². The van der Waals surface area contributed by atoms with Crippen LogP contribution in [0, 0.1) is 5.41 Å². The second-order valence-corrected chi connectivity index (χ2v) is 4.32. The molecule has 0 bridgehead atoms. The van der Waals surface area contributed by atoms with Gasteiger partial charge in [-0.3, -0.25) is 4.98 Å². The van der Waals surface area contributed by atoms with Gasteiger partial charge in [-0.05, 0) is 24.5 Å². The Morgan fingerprint density at radius 1 is 1.46 bits per heavy atom. The third kappa shape index (κ3) is 0.953. The lowest BCUT2D eigenvalue weighted by atomic mass is 9.58. The van der Waals surface area contributed by atoms with Crippen molar-refractivity contribution >= 4 is 0 Å². The van der Waals surface area contributed by atoms with Crippen LogP contribution in [0.15, 0.2) is 24.5 Å². The second-order valence-electron chi connectivity index (χ2n) is 4.32. The van der Waals surface area contributed by atoms with E-state index in [0.29, 0.717) is 11.5 Å². The van der Waals surface area contributed by atoms with Gasteiger partial charge in [0, 0.05) is 30.4 Å². The Hall–Kier alpha value is -0.890. The molecule has 1 aliphatic carbocycles. The maximum absolute atomic E-state index is 4.17. The van der Waals surface area contributed by atoms with Gasteiger partial charge in [-0.2, -0.15) is 0 Å². The molecule has 1 saturated heterocycles. The smallest absolute Gasteiger partial charge is 0.0404 e. The summed E-state index contributed by atoms with van der Waals surface area (Å²) in [5, 5.41) is 3.51. The average molecular weight is 174 g/mol. The first-order valence-electron chi connectivity index (χ1n) is 5.04. The number of nitrogens with zero attached hydrogens (tertiary/aromatic N) is 1. The summed E-state index contributed by atoms with van der Waals surface area (Å²) in [5.41, 5.74) is 1.98. The van der Waals surface area contributed by atoms with Gasteiger partial charge in [-0.1, -0.05) is 12.5 Å². The molecular formula is C11H14N2. The Kier molecular flexibility index (Phi) is 1.47. The Balaban J connectivity index is 1.87. The molecule has 0 aromatic carbocycles. The summed E-state index contributed by atoms with van der Waals surface area (Å²) < 4.78 is 0. The largest absolute Gasteiger partial charge is 0.309 e. The van der Waals surface area contributed by atoms with E-state index in [1.165, 1.54) is 31.4 Å². The quantitative estimate of drug-likeness (QED) is 0.703. The lowest BCUT2D eigenvalue weighted by molar-refractivity contribution is -0.00580. The van der Waals surface area contributed by atoms with E-state index < -0.39 is 0 Å². The molecule has 1 saturated carbocycles. The monoisotopic (exact) mass is 174 g/mol. The van der Waals surface area contributed by atoms with Crippen LogP contribution in [0.5, 0.6) is 0 Å². The molecule has 1 aliphatic heterocycles. The van der Waals surface area contributed by atoms with E-state index in [1.807, 2.05) is 18.5 Å². The van der Waals surface area contributed by atoms with Gasteiger partial charge >= 0.3 is 0 Å². The first-order chi connectivity index (χ1) is 6.41. The van der Waals surface area contributed by atoms with Crippen molar-refractivity contribution in [2.24, 2.45) is 5.41 Å². The maximum atomic E-state index is 4.17. The molecule has 1 N–H and O–H groups in total. The number of aromatic nitrogens is 1. The third-order valence-electron chi connectivity index (χ3n) is 3.64. The molecular weight excluding hydrogens is 160 g/mol. The van der Waals surface area contributed by atoms with Crippen molar-refractivity contribution in [3.8, 4) is 0 Å². The number of hydrogen-bond acceptors (Lipinski definition) is 2. The molecule has 0 radical (unpaired) electrons. The van der Waals surface area contributed by atoms with Gasteiger partial charge in [0.25, 0.3) is 0 Å². The van der Waals surface area contributed by atoms with Crippen LogP contribution < -0.4 is 5.32 Å². The van der Waals surface area contributed by atoms with Crippen molar-refractivity contribution in [2.75, 3.05) is 6.54 Å². The number of hydrogen-bond donors (Lipinski definition) is 1. The lowest BCUT2D eigenvalue weighted by Gasteiger charge is -2.56. The lowest BCUT2D eigenvalue weighted by Crippen LogP contribution is -2.59. The van der Waals surface area contributed by atoms with E-state index in [0.717, 1.165) is 0 Å². The zero-order chi connectivity index (χ0) is 8.73. The zero-order valence-electron chi connectivity index (χ0n) is 7.66. The van der Waals surface area contributed by atoms with Gasteiger partial charge in [0.2, 0.25) is 0 Å². The van der Waals surface area contributed by atoms with Crippen LogP contribution in [0.1, 0.15) is 30.9 Å². The minimum absolute atomic E-state index is 0.593. The highest BCUT2D eigenvalue weighted by atomic mass is 15.1. The SMILES string of the molecule is c1cncc(C2NCC23CCC3)c1. The molecule has 2 fully saturated rings. The fourth-order valence-electron chi connectivity index (χ4n) is 2.61. The van der Waals surface area contributed by atoms with E-state index >= 15 is 0 Å². The summed E-state index contributed by atoms with van der Waals surface area (Å²) in [6.45, 7) is 1.21. The molecule has 1 atom stereocenters. The first kappa shape index (κ1) is 7.51. The molecule has 2 heterocycles. The van der Waals surface area contributed by atoms with Crippen molar-refractivity contribution in [3.05, 3.63) is 30.1 Å². The summed E-state index contributed by atoms with van der Waals surface area (Å²) in [4.78, 5) is 4.17. The van der Waals surface area contributed by atoms with E-state index in [9.17, 15) is 0 Å². The number of nitrogens with one attached hydrogen (secondary N) is 1. The topological polar surface area (TPSA) is 24.9 Å². The second kappa shape index (κ2) is 2.55. The van der Waals surface area contributed by atoms with Gasteiger partial charge in [0.15, 0.2) is 0 Å². The van der Waals surface area contributed by atoms with Crippen LogP contribution in [-0.4, -0.2) is 11.5 Å². The molecule has 2 nitrogen and oxygen atoms in total. The Morgan fingerprint density at radius 2 is 2.38 bits per heavy atom. The Labute approximate surface area is 78.4 Å². The van der Waals surface area contributed by atoms with Gasteiger partial charge in [0.1, 0.15) is 0 Å². The highest BCUT2D eigenvalue weighted by molar-refractivity contribution is 5.23. The molecule has 13 heavy (non-hydrogen) atoms. The highest BCUT2D eigenvalue weighted by Gasteiger charge is 2.51. The molecule has 68 valence electrons. The normalized spacial score (nSPS) is 29.4. The summed E-state index contributed by atoms with van der Waals surface area (Å²) in [6.07, 6.45) is 8.06. The maximum Gasteiger partial charge on any atom is 0.0404 e. The molecule has 0 amide bonds. The highest BCUT2D eigenvalue weighted by Crippen LogP contribution is 2.54. The van der Waals surface area contributed by atoms with Crippen molar-refractivity contribution in [3.63, 3.8) is 0 Å². The Morgan fingerprint density at radius 3 is 2.85 bits per heavy atom. The van der Waals surface area contributed by atoms with E-state index in [-0.39, 0.29) is 0 Å². The molecule has 1 unspecified atom stereocenters. The molecule has 1 aromatic rings. The predicted octanol–water partition coefficient (Wildman–Crippen LogP) is 1.90. The van der Waals surface area contributed by atoms with Crippen molar-refractivity contribution in [1.29, 1.82) is 0 Å². The van der Waals surface area contributed by atoms with Gasteiger partial charge in [0.05, 0.1) is 0 Å². The van der Waals surface area contributed by atoms with E-state index in [2.05, 4.69) is 16.4 Å². The van der Waals surface area contributed by atoms with Crippen LogP contribution in [0.2, 0.25) is 0 Å². The van der Waals surface area contributed by atoms with Crippen LogP contribution in [0.25, 0.3) is 0 Å². The van der Waals surface area contributed by atoms with Crippen molar-refractivity contribution in [2.45, 2.75) is 25.3 Å². The summed E-state index contributed by atoms with van der Waals surface area (Å²) in [6, 6.07) is 4.81. The fraction of sp³-hybridized carbons (Fsp3) is 0.545. The molecule has 2 heteroatoms. The minimum atomic E-state index is 0.593. The minimum Gasteiger partial charge on any atom is -0.309 e. The van der Waals surface area contributed by atoms with Crippen molar-refractivity contribution < 1.29 is 0 Å². The Bertz CT molecular complexity index is 298. The van der Waals surface area contributed by atoms with Crippen molar-refractivity contribution in [1.82, 2.24) is 10.3 Å². The molecule has 1 aromatic heterocycles. The number of rotatable bonds is 1. The van der Waals surface area contributed by atoms with Gasteiger partial charge in [-0.25, -0.2) is 0 Å². The summed E-state index contributed by atoms with van der Waals surface area (Å²) in [7, 11) is 0. The average Bonchev–Trinajstić information content (AvgIpc) is 2.01. The van der Waals surface area contributed by atoms with Gasteiger partial charge in [-0.15, -0.1) is 0 Å². The zero-order valence-corrected chi connectivity index (χ0v) is 7.66. The third-order valence-corrected chi connectivity index (χ3v) is 3.64. The molecule has 3 rings (SSSR count). The van der Waals surface area contributed by atoms with Crippen LogP contribution in [0.3, 0.4) is 0 Å². The molecule has 2 aliphatic rings. The van der Waals surface area contributed by atoms with Crippen LogP contribution >= 0.6 is 0 Å². The van der Waals surface area contributed by atoms with Crippen LogP contribution in [-0.2, 0) is 0 Å².